The lowest BCUT2D eigenvalue weighted by atomic mass is 9.96. The highest BCUT2D eigenvalue weighted by Gasteiger charge is 2.21. The van der Waals surface area contributed by atoms with Crippen LogP contribution in [0.2, 0.25) is 0 Å². The van der Waals surface area contributed by atoms with Crippen LogP contribution in [0.4, 0.5) is 0 Å². The molecule has 0 spiro atoms. The fourth-order valence-corrected chi connectivity index (χ4v) is 6.25. The maximum Gasteiger partial charge on any atom is 0.167 e. The van der Waals surface area contributed by atoms with Gasteiger partial charge in [0.2, 0.25) is 0 Å². The molecule has 9 rings (SSSR count). The van der Waals surface area contributed by atoms with Crippen LogP contribution in [0.1, 0.15) is 0 Å². The minimum absolute atomic E-state index is 0.563. The van der Waals surface area contributed by atoms with Crippen molar-refractivity contribution in [1.29, 1.82) is 0 Å². The second-order valence-corrected chi connectivity index (χ2v) is 11.0. The molecule has 0 bridgehead atoms. The molecule has 0 saturated heterocycles. The number of aromatic nitrogens is 4. The Balaban J connectivity index is 1.35. The zero-order valence-electron chi connectivity index (χ0n) is 24.1. The Hall–Kier alpha value is -6.20. The molecule has 3 aromatic heterocycles. The SMILES string of the molecule is c1ccc(-c2nc(-c3ccccc3)nc(-c3cccc4c3oc3ccc5c(-c6ccccc6)nc6ccccc6c5c34)n2)cc1. The van der Waals surface area contributed by atoms with Gasteiger partial charge in [0.1, 0.15) is 11.2 Å². The molecule has 0 aliphatic heterocycles. The lowest BCUT2D eigenvalue weighted by molar-refractivity contribution is 0.670. The predicted molar refractivity (Wildman–Crippen MR) is 182 cm³/mol. The lowest BCUT2D eigenvalue weighted by Crippen LogP contribution is -2.00. The molecular formula is C40H24N4O. The Bertz CT molecular complexity index is 2470. The van der Waals surface area contributed by atoms with E-state index in [9.17, 15) is 0 Å². The highest BCUT2D eigenvalue weighted by Crippen LogP contribution is 2.43. The summed E-state index contributed by atoms with van der Waals surface area (Å²) in [6.07, 6.45) is 0. The molecule has 210 valence electrons. The standard InChI is InChI=1S/C40H24N4O/c1-4-13-25(14-5-1)36-29-23-24-33-35(34(29)28-19-10-11-22-32(28)41-36)30-20-12-21-31(37(30)45-33)40-43-38(26-15-6-2-7-16-26)42-39(44-40)27-17-8-3-9-18-27/h1-24H. The van der Waals surface area contributed by atoms with E-state index in [2.05, 4.69) is 66.7 Å². The van der Waals surface area contributed by atoms with Gasteiger partial charge in [-0.15, -0.1) is 0 Å². The van der Waals surface area contributed by atoms with E-state index in [4.69, 9.17) is 24.4 Å². The molecule has 0 aliphatic carbocycles. The van der Waals surface area contributed by atoms with Gasteiger partial charge in [0.05, 0.1) is 16.8 Å². The lowest BCUT2D eigenvalue weighted by Gasteiger charge is -2.11. The van der Waals surface area contributed by atoms with Crippen molar-refractivity contribution in [2.75, 3.05) is 0 Å². The molecule has 3 heterocycles. The number of furan rings is 1. The summed E-state index contributed by atoms with van der Waals surface area (Å²) < 4.78 is 6.71. The number of rotatable bonds is 4. The molecule has 0 unspecified atom stereocenters. The van der Waals surface area contributed by atoms with Crippen LogP contribution in [0.3, 0.4) is 0 Å². The largest absolute Gasteiger partial charge is 0.455 e. The smallest absolute Gasteiger partial charge is 0.167 e. The maximum atomic E-state index is 6.71. The van der Waals surface area contributed by atoms with E-state index < -0.39 is 0 Å². The first-order valence-corrected chi connectivity index (χ1v) is 14.9. The molecule has 6 aromatic carbocycles. The molecule has 0 aliphatic rings. The topological polar surface area (TPSA) is 64.7 Å². The van der Waals surface area contributed by atoms with Crippen LogP contribution >= 0.6 is 0 Å². The predicted octanol–water partition coefficient (Wildman–Crippen LogP) is 10.1. The third-order valence-electron chi connectivity index (χ3n) is 8.31. The first kappa shape index (κ1) is 25.3. The molecule has 0 atom stereocenters. The number of pyridine rings is 1. The van der Waals surface area contributed by atoms with Gasteiger partial charge in [-0.25, -0.2) is 19.9 Å². The van der Waals surface area contributed by atoms with Crippen LogP contribution < -0.4 is 0 Å². The number of hydrogen-bond donors (Lipinski definition) is 0. The van der Waals surface area contributed by atoms with Crippen molar-refractivity contribution in [1.82, 2.24) is 19.9 Å². The average molecular weight is 577 g/mol. The monoisotopic (exact) mass is 576 g/mol. The first-order valence-electron chi connectivity index (χ1n) is 14.9. The molecule has 45 heavy (non-hydrogen) atoms. The van der Waals surface area contributed by atoms with Crippen LogP contribution in [-0.2, 0) is 0 Å². The van der Waals surface area contributed by atoms with E-state index in [0.29, 0.717) is 17.5 Å². The highest BCUT2D eigenvalue weighted by molar-refractivity contribution is 6.28. The summed E-state index contributed by atoms with van der Waals surface area (Å²) in [6.45, 7) is 0. The summed E-state index contributed by atoms with van der Waals surface area (Å²) >= 11 is 0. The fourth-order valence-electron chi connectivity index (χ4n) is 6.25. The summed E-state index contributed by atoms with van der Waals surface area (Å²) in [7, 11) is 0. The van der Waals surface area contributed by atoms with Crippen LogP contribution in [-0.4, -0.2) is 19.9 Å². The van der Waals surface area contributed by atoms with E-state index >= 15 is 0 Å². The Labute approximate surface area is 258 Å². The van der Waals surface area contributed by atoms with Crippen LogP contribution in [0, 0.1) is 0 Å². The number of nitrogens with zero attached hydrogens (tertiary/aromatic N) is 4. The fraction of sp³-hybridized carbons (Fsp3) is 0. The van der Waals surface area contributed by atoms with Crippen LogP contribution in [0.5, 0.6) is 0 Å². The van der Waals surface area contributed by atoms with E-state index in [0.717, 1.165) is 71.6 Å². The molecule has 0 saturated carbocycles. The molecule has 5 heteroatoms. The van der Waals surface area contributed by atoms with Gasteiger partial charge in [-0.1, -0.05) is 121 Å². The Morgan fingerprint density at radius 1 is 0.378 bits per heavy atom. The minimum atomic E-state index is 0.563. The van der Waals surface area contributed by atoms with Gasteiger partial charge in [0.25, 0.3) is 0 Å². The van der Waals surface area contributed by atoms with Crippen molar-refractivity contribution in [2.24, 2.45) is 0 Å². The molecule has 9 aromatic rings. The Morgan fingerprint density at radius 3 is 1.64 bits per heavy atom. The number of fused-ring (bicyclic) bond motifs is 7. The third kappa shape index (κ3) is 4.17. The van der Waals surface area contributed by atoms with Gasteiger partial charge in [-0.3, -0.25) is 0 Å². The van der Waals surface area contributed by atoms with E-state index in [1.165, 1.54) is 0 Å². The molecule has 5 nitrogen and oxygen atoms in total. The van der Waals surface area contributed by atoms with E-state index in [-0.39, 0.29) is 0 Å². The normalized spacial score (nSPS) is 11.6. The third-order valence-corrected chi connectivity index (χ3v) is 8.31. The van der Waals surface area contributed by atoms with Gasteiger partial charge in [0, 0.05) is 43.6 Å². The Kier molecular flexibility index (Phi) is 5.74. The summed E-state index contributed by atoms with van der Waals surface area (Å²) in [5, 5.41) is 5.35. The van der Waals surface area contributed by atoms with Crippen molar-refractivity contribution in [2.45, 2.75) is 0 Å². The van der Waals surface area contributed by atoms with Crippen LogP contribution in [0.25, 0.3) is 89.0 Å². The number of hydrogen-bond acceptors (Lipinski definition) is 5. The van der Waals surface area contributed by atoms with Crippen molar-refractivity contribution in [3.05, 3.63) is 146 Å². The number of benzene rings is 6. The van der Waals surface area contributed by atoms with Crippen molar-refractivity contribution in [3.8, 4) is 45.4 Å². The van der Waals surface area contributed by atoms with Gasteiger partial charge < -0.3 is 4.42 Å². The van der Waals surface area contributed by atoms with Gasteiger partial charge in [-0.05, 0) is 24.3 Å². The van der Waals surface area contributed by atoms with Gasteiger partial charge in [0.15, 0.2) is 17.5 Å². The van der Waals surface area contributed by atoms with Crippen LogP contribution in [0.15, 0.2) is 150 Å². The maximum absolute atomic E-state index is 6.71. The summed E-state index contributed by atoms with van der Waals surface area (Å²) in [4.78, 5) is 20.0. The van der Waals surface area contributed by atoms with E-state index in [1.807, 2.05) is 78.9 Å². The van der Waals surface area contributed by atoms with Crippen molar-refractivity contribution >= 4 is 43.6 Å². The summed E-state index contributed by atoms with van der Waals surface area (Å²) in [5.41, 5.74) is 7.19. The quantitative estimate of drug-likeness (QED) is 0.195. The summed E-state index contributed by atoms with van der Waals surface area (Å²) in [5.74, 6) is 1.79. The van der Waals surface area contributed by atoms with Crippen molar-refractivity contribution < 1.29 is 4.42 Å². The first-order chi connectivity index (χ1) is 22.3. The zero-order valence-corrected chi connectivity index (χ0v) is 24.1. The van der Waals surface area contributed by atoms with Gasteiger partial charge >= 0.3 is 0 Å². The molecule has 0 amide bonds. The Morgan fingerprint density at radius 2 is 0.956 bits per heavy atom. The minimum Gasteiger partial charge on any atom is -0.455 e. The van der Waals surface area contributed by atoms with E-state index in [1.54, 1.807) is 0 Å². The second kappa shape index (κ2) is 10.2. The zero-order chi connectivity index (χ0) is 29.7. The molecular weight excluding hydrogens is 552 g/mol. The molecule has 0 radical (unpaired) electrons. The second-order valence-electron chi connectivity index (χ2n) is 11.0. The number of para-hydroxylation sites is 2. The average Bonchev–Trinajstić information content (AvgIpc) is 3.51. The summed E-state index contributed by atoms with van der Waals surface area (Å²) in [6, 6.07) is 49.1. The van der Waals surface area contributed by atoms with Gasteiger partial charge in [-0.2, -0.15) is 0 Å². The molecule has 0 N–H and O–H groups in total. The molecule has 0 fully saturated rings. The van der Waals surface area contributed by atoms with Crippen molar-refractivity contribution in [3.63, 3.8) is 0 Å². The highest BCUT2D eigenvalue weighted by atomic mass is 16.3.